The molecule has 9 heteroatoms. The summed E-state index contributed by atoms with van der Waals surface area (Å²) < 4.78 is 1.61. The molecule has 1 aromatic carbocycles. The van der Waals surface area contributed by atoms with E-state index in [1.807, 2.05) is 19.1 Å². The number of nitrogens with one attached hydrogen (secondary N) is 1. The average molecular weight is 437 g/mol. The Morgan fingerprint density at radius 1 is 1.29 bits per heavy atom. The second-order valence-electron chi connectivity index (χ2n) is 6.10. The molecule has 146 valence electrons. The Hall–Kier alpha value is -2.09. The monoisotopic (exact) mass is 436 g/mol. The summed E-state index contributed by atoms with van der Waals surface area (Å²) in [6.07, 6.45) is 2.22. The molecular weight excluding hydrogens is 419 g/mol. The summed E-state index contributed by atoms with van der Waals surface area (Å²) in [5.41, 5.74) is 1.16. The summed E-state index contributed by atoms with van der Waals surface area (Å²) in [6.45, 7) is 4.27. The Bertz CT molecular complexity index is 1100. The number of fused-ring (bicyclic) bond motifs is 1. The molecule has 0 bridgehead atoms. The van der Waals surface area contributed by atoms with Crippen LogP contribution in [-0.2, 0) is 11.3 Å². The van der Waals surface area contributed by atoms with Crippen molar-refractivity contribution in [3.05, 3.63) is 56.4 Å². The molecule has 0 radical (unpaired) electrons. The highest BCUT2D eigenvalue weighted by atomic mass is 35.5. The van der Waals surface area contributed by atoms with E-state index in [2.05, 4.69) is 15.3 Å². The first kappa shape index (κ1) is 20.6. The van der Waals surface area contributed by atoms with Crippen LogP contribution < -0.4 is 10.9 Å². The average Bonchev–Trinajstić information content (AvgIpc) is 2.69. The normalized spacial score (nSPS) is 11.0. The lowest BCUT2D eigenvalue weighted by atomic mass is 10.2. The van der Waals surface area contributed by atoms with Crippen molar-refractivity contribution >= 4 is 57.6 Å². The number of rotatable bonds is 6. The van der Waals surface area contributed by atoms with Gasteiger partial charge in [-0.2, -0.15) is 0 Å². The highest BCUT2D eigenvalue weighted by molar-refractivity contribution is 7.99. The number of benzene rings is 1. The molecular formula is C19H18Cl2N4O2S. The van der Waals surface area contributed by atoms with Crippen molar-refractivity contribution in [2.75, 3.05) is 11.1 Å². The van der Waals surface area contributed by atoms with Crippen molar-refractivity contribution in [3.63, 3.8) is 0 Å². The molecule has 0 aliphatic heterocycles. The Morgan fingerprint density at radius 3 is 2.79 bits per heavy atom. The van der Waals surface area contributed by atoms with Crippen LogP contribution in [-0.4, -0.2) is 26.2 Å². The summed E-state index contributed by atoms with van der Waals surface area (Å²) in [5.74, 6) is 0.0203. The third-order valence-corrected chi connectivity index (χ3v) is 5.89. The molecule has 0 saturated carbocycles. The number of aromatic nitrogens is 3. The zero-order valence-corrected chi connectivity index (χ0v) is 17.7. The Balaban J connectivity index is 1.81. The second-order valence-corrected chi connectivity index (χ2v) is 7.83. The number of halogens is 2. The molecule has 1 N–H and O–H groups in total. The minimum absolute atomic E-state index is 0.0637. The molecule has 2 heterocycles. The van der Waals surface area contributed by atoms with Crippen LogP contribution in [0.1, 0.15) is 18.9 Å². The molecule has 2 aromatic heterocycles. The first-order valence-electron chi connectivity index (χ1n) is 8.65. The van der Waals surface area contributed by atoms with Crippen LogP contribution in [0.5, 0.6) is 0 Å². The van der Waals surface area contributed by atoms with E-state index in [0.717, 1.165) is 6.42 Å². The lowest BCUT2D eigenvalue weighted by Crippen LogP contribution is -2.24. The van der Waals surface area contributed by atoms with Gasteiger partial charge in [-0.15, -0.1) is 0 Å². The van der Waals surface area contributed by atoms with Gasteiger partial charge in [-0.25, -0.2) is 9.97 Å². The molecule has 6 nitrogen and oxygen atoms in total. The largest absolute Gasteiger partial charge is 0.309 e. The minimum atomic E-state index is -0.299. The van der Waals surface area contributed by atoms with Gasteiger partial charge in [0.1, 0.15) is 0 Å². The van der Waals surface area contributed by atoms with E-state index in [-0.39, 0.29) is 23.0 Å². The maximum atomic E-state index is 12.8. The third-order valence-electron chi connectivity index (χ3n) is 4.07. The van der Waals surface area contributed by atoms with E-state index in [4.69, 9.17) is 23.2 Å². The maximum Gasteiger partial charge on any atom is 0.262 e. The number of hydrogen-bond donors (Lipinski definition) is 1. The molecule has 0 aliphatic rings. The van der Waals surface area contributed by atoms with E-state index >= 15 is 0 Å². The van der Waals surface area contributed by atoms with Gasteiger partial charge < -0.3 is 5.32 Å². The van der Waals surface area contributed by atoms with E-state index in [1.165, 1.54) is 18.0 Å². The van der Waals surface area contributed by atoms with Gasteiger partial charge in [0.05, 0.1) is 26.7 Å². The van der Waals surface area contributed by atoms with Crippen molar-refractivity contribution in [3.8, 4) is 0 Å². The number of amides is 1. The van der Waals surface area contributed by atoms with Crippen LogP contribution in [0, 0.1) is 6.92 Å². The Kier molecular flexibility index (Phi) is 6.59. The molecule has 0 spiro atoms. The van der Waals surface area contributed by atoms with E-state index < -0.39 is 0 Å². The number of carbonyl (C=O) groups is 1. The number of para-hydroxylation sites is 1. The van der Waals surface area contributed by atoms with Gasteiger partial charge in [0.15, 0.2) is 11.0 Å². The molecule has 0 aliphatic carbocycles. The van der Waals surface area contributed by atoms with Crippen molar-refractivity contribution in [2.45, 2.75) is 32.0 Å². The number of thioether (sulfide) groups is 1. The van der Waals surface area contributed by atoms with Gasteiger partial charge >= 0.3 is 0 Å². The molecule has 3 rings (SSSR count). The molecule has 0 unspecified atom stereocenters. The fraction of sp³-hybridized carbons (Fsp3) is 0.263. The highest BCUT2D eigenvalue weighted by Gasteiger charge is 2.15. The van der Waals surface area contributed by atoms with Crippen LogP contribution in [0.15, 0.2) is 40.4 Å². The van der Waals surface area contributed by atoms with Gasteiger partial charge in [0.25, 0.3) is 5.56 Å². The Morgan fingerprint density at radius 2 is 2.04 bits per heavy atom. The summed E-state index contributed by atoms with van der Waals surface area (Å²) >= 11 is 13.4. The summed E-state index contributed by atoms with van der Waals surface area (Å²) in [4.78, 5) is 33.8. The zero-order valence-electron chi connectivity index (χ0n) is 15.3. The van der Waals surface area contributed by atoms with E-state index in [1.54, 1.807) is 23.6 Å². The lowest BCUT2D eigenvalue weighted by molar-refractivity contribution is -0.113. The fourth-order valence-electron chi connectivity index (χ4n) is 2.62. The highest BCUT2D eigenvalue weighted by Crippen LogP contribution is 2.28. The van der Waals surface area contributed by atoms with Crippen LogP contribution in [0.25, 0.3) is 10.9 Å². The smallest absolute Gasteiger partial charge is 0.262 e. The summed E-state index contributed by atoms with van der Waals surface area (Å²) in [7, 11) is 0. The number of hydrogen-bond acceptors (Lipinski definition) is 5. The molecule has 0 saturated heterocycles. The zero-order chi connectivity index (χ0) is 20.3. The number of anilines is 1. The van der Waals surface area contributed by atoms with Gasteiger partial charge in [0, 0.05) is 12.7 Å². The second kappa shape index (κ2) is 8.94. The van der Waals surface area contributed by atoms with E-state index in [9.17, 15) is 9.59 Å². The SMILES string of the molecule is CCCn1c(SCC(=O)Nc2ncc(Cl)c(C)c2Cl)nc2ccccc2c1=O. The topological polar surface area (TPSA) is 76.9 Å². The number of carbonyl (C=O) groups excluding carboxylic acids is 1. The van der Waals surface area contributed by atoms with Crippen molar-refractivity contribution in [1.82, 2.24) is 14.5 Å². The Labute approximate surface area is 176 Å². The first-order valence-corrected chi connectivity index (χ1v) is 10.4. The molecule has 0 fully saturated rings. The van der Waals surface area contributed by atoms with Crippen LogP contribution in [0.4, 0.5) is 5.82 Å². The van der Waals surface area contributed by atoms with Crippen LogP contribution in [0.2, 0.25) is 10.0 Å². The molecule has 28 heavy (non-hydrogen) atoms. The lowest BCUT2D eigenvalue weighted by Gasteiger charge is -2.12. The first-order chi connectivity index (χ1) is 13.4. The molecule has 3 aromatic rings. The van der Waals surface area contributed by atoms with Crippen molar-refractivity contribution < 1.29 is 4.79 Å². The van der Waals surface area contributed by atoms with Crippen LogP contribution >= 0.6 is 35.0 Å². The minimum Gasteiger partial charge on any atom is -0.309 e. The summed E-state index contributed by atoms with van der Waals surface area (Å²) in [6, 6.07) is 7.19. The molecule has 0 atom stereocenters. The number of pyridine rings is 1. The van der Waals surface area contributed by atoms with Gasteiger partial charge in [-0.1, -0.05) is 54.0 Å². The van der Waals surface area contributed by atoms with E-state index in [0.29, 0.717) is 38.2 Å². The standard InChI is InChI=1S/C19H18Cl2N4O2S/c1-3-8-25-18(27)12-6-4-5-7-14(12)23-19(25)28-10-15(26)24-17-16(21)11(2)13(20)9-22-17/h4-7,9H,3,8,10H2,1-2H3,(H,22,24,26). The van der Waals surface area contributed by atoms with Crippen LogP contribution in [0.3, 0.4) is 0 Å². The van der Waals surface area contributed by atoms with Gasteiger partial charge in [-0.05, 0) is 31.0 Å². The third kappa shape index (κ3) is 4.32. The predicted octanol–water partition coefficient (Wildman–Crippen LogP) is 4.55. The van der Waals surface area contributed by atoms with Crippen molar-refractivity contribution in [1.29, 1.82) is 0 Å². The predicted molar refractivity (Wildman–Crippen MR) is 115 cm³/mol. The van der Waals surface area contributed by atoms with Gasteiger partial charge in [-0.3, -0.25) is 14.2 Å². The summed E-state index contributed by atoms with van der Waals surface area (Å²) in [5, 5.41) is 4.48. The maximum absolute atomic E-state index is 12.8. The fourth-order valence-corrected chi connectivity index (χ4v) is 3.84. The molecule has 1 amide bonds. The van der Waals surface area contributed by atoms with Gasteiger partial charge in [0.2, 0.25) is 5.91 Å². The van der Waals surface area contributed by atoms with Crippen molar-refractivity contribution in [2.24, 2.45) is 0 Å². The number of nitrogens with zero attached hydrogens (tertiary/aromatic N) is 3. The quantitative estimate of drug-likeness (QED) is 0.452.